The molecule has 12 heteroatoms. The van der Waals surface area contributed by atoms with Gasteiger partial charge in [-0.1, -0.05) is 374 Å². The van der Waals surface area contributed by atoms with Crippen LogP contribution in [0.3, 0.4) is 0 Å². The molecular formula is C110H80BBrN8O2. The van der Waals surface area contributed by atoms with Crippen LogP contribution in [-0.4, -0.2) is 58.2 Å². The van der Waals surface area contributed by atoms with Gasteiger partial charge in [0.2, 0.25) is 0 Å². The summed E-state index contributed by atoms with van der Waals surface area (Å²) >= 11 is 3.51. The van der Waals surface area contributed by atoms with Gasteiger partial charge in [-0.2, -0.15) is 0 Å². The second-order valence-corrected chi connectivity index (χ2v) is 32.4. The van der Waals surface area contributed by atoms with Crippen molar-refractivity contribution < 1.29 is 9.31 Å². The van der Waals surface area contributed by atoms with Crippen LogP contribution in [0.25, 0.3) is 189 Å². The van der Waals surface area contributed by atoms with E-state index >= 15 is 0 Å². The van der Waals surface area contributed by atoms with Gasteiger partial charge < -0.3 is 9.31 Å². The standard InChI is InChI=1S/C52H34N4.C39H26BrN3.C19H20BNO2/c1-3-7-35(8-4-1)36-19-24-44(25-20-36)51-54-50(43-9-5-2-6-10-43)55-52(56-51)45-26-21-40(22-27-45)38-13-11-37(12-14-38)39-15-17-41(18-16-39)46-29-30-48-47(33-46)28-23-42-31-32-53-34-49(42)48;40-36-25-23-32(24-26-36)30-13-11-29(12-14-30)31-17-21-35(22-18-31)39-42-37(33-9-5-2-6-10-33)41-38(43-39)34-19-15-28(16-20-34)27-7-3-1-4-8-27;1-18(2)19(3,4)23-20(22-18)15-7-8-16-14(11-15)6-5-13-9-10-21-12-17(13)16/h1-34H;1-26H;5-12H,1-4H3. The lowest BCUT2D eigenvalue weighted by atomic mass is 9.78. The van der Waals surface area contributed by atoms with Crippen molar-refractivity contribution in [2.24, 2.45) is 0 Å². The van der Waals surface area contributed by atoms with Crippen LogP contribution in [0.5, 0.6) is 0 Å². The number of halogens is 1. The van der Waals surface area contributed by atoms with Crippen LogP contribution < -0.4 is 5.46 Å². The quantitative estimate of drug-likeness (QED) is 0.0768. The Morgan fingerprint density at radius 3 is 0.754 bits per heavy atom. The Balaban J connectivity index is 0.000000131. The van der Waals surface area contributed by atoms with E-state index in [1.807, 2.05) is 104 Å². The average Bonchev–Trinajstić information content (AvgIpc) is 1.65. The Morgan fingerprint density at radius 2 is 0.443 bits per heavy atom. The number of hydrogen-bond donors (Lipinski definition) is 0. The molecule has 1 aliphatic rings. The molecule has 0 unspecified atom stereocenters. The minimum Gasteiger partial charge on any atom is -0.399 e. The largest absolute Gasteiger partial charge is 0.494 e. The molecular weight excluding hydrogens is 1560 g/mol. The van der Waals surface area contributed by atoms with Crippen LogP contribution in [-0.2, 0) is 9.31 Å². The number of hydrogen-bond acceptors (Lipinski definition) is 10. The highest BCUT2D eigenvalue weighted by Crippen LogP contribution is 2.40. The molecule has 582 valence electrons. The second-order valence-electron chi connectivity index (χ2n) is 31.5. The third-order valence-electron chi connectivity index (χ3n) is 23.1. The first-order valence-corrected chi connectivity index (χ1v) is 41.7. The lowest BCUT2D eigenvalue weighted by Gasteiger charge is -2.32. The van der Waals surface area contributed by atoms with Crippen LogP contribution in [0.1, 0.15) is 27.7 Å². The molecule has 1 fully saturated rings. The summed E-state index contributed by atoms with van der Waals surface area (Å²) in [6.45, 7) is 8.31. The summed E-state index contributed by atoms with van der Waals surface area (Å²) in [5.41, 5.74) is 22.5. The van der Waals surface area contributed by atoms with Gasteiger partial charge in [-0.05, 0) is 174 Å². The fourth-order valence-electron chi connectivity index (χ4n) is 15.5. The summed E-state index contributed by atoms with van der Waals surface area (Å²) in [7, 11) is -0.325. The van der Waals surface area contributed by atoms with Crippen molar-refractivity contribution in [3.63, 3.8) is 0 Å². The number of rotatable bonds is 14. The van der Waals surface area contributed by atoms with Gasteiger partial charge in [0.25, 0.3) is 0 Å². The van der Waals surface area contributed by atoms with Crippen LogP contribution in [0.15, 0.2) is 418 Å². The van der Waals surface area contributed by atoms with Crippen molar-refractivity contribution >= 4 is 71.6 Å². The smallest absolute Gasteiger partial charge is 0.399 e. The fraction of sp³-hybridized carbons (Fsp3) is 0.0545. The van der Waals surface area contributed by atoms with Crippen molar-refractivity contribution in [2.75, 3.05) is 0 Å². The molecule has 16 aromatic carbocycles. The predicted octanol–water partition coefficient (Wildman–Crippen LogP) is 27.6. The van der Waals surface area contributed by atoms with Gasteiger partial charge in [0.05, 0.1) is 11.2 Å². The van der Waals surface area contributed by atoms with Crippen molar-refractivity contribution in [3.05, 3.63) is 418 Å². The highest BCUT2D eigenvalue weighted by atomic mass is 79.9. The van der Waals surface area contributed by atoms with E-state index in [1.54, 1.807) is 0 Å². The van der Waals surface area contributed by atoms with Gasteiger partial charge in [-0.15, -0.1) is 0 Å². The Kier molecular flexibility index (Phi) is 21.5. The first kappa shape index (κ1) is 77.3. The minimum absolute atomic E-state index is 0.320. The molecule has 4 aromatic heterocycles. The molecule has 5 heterocycles. The molecule has 0 amide bonds. The molecule has 10 nitrogen and oxygen atoms in total. The Morgan fingerprint density at radius 1 is 0.213 bits per heavy atom. The van der Waals surface area contributed by atoms with Gasteiger partial charge in [0, 0.05) is 73.4 Å². The predicted molar refractivity (Wildman–Crippen MR) is 506 cm³/mol. The molecule has 0 bridgehead atoms. The highest BCUT2D eigenvalue weighted by molar-refractivity contribution is 9.10. The maximum Gasteiger partial charge on any atom is 0.494 e. The number of aromatic nitrogens is 8. The van der Waals surface area contributed by atoms with E-state index in [2.05, 4.69) is 363 Å². The zero-order valence-corrected chi connectivity index (χ0v) is 69.2. The fourth-order valence-corrected chi connectivity index (χ4v) is 15.8. The zero-order valence-electron chi connectivity index (χ0n) is 67.6. The number of fused-ring (bicyclic) bond motifs is 6. The van der Waals surface area contributed by atoms with E-state index in [4.69, 9.17) is 39.2 Å². The maximum absolute atomic E-state index is 6.15. The summed E-state index contributed by atoms with van der Waals surface area (Å²) < 4.78 is 13.4. The van der Waals surface area contributed by atoms with E-state index in [-0.39, 0.29) is 18.3 Å². The molecule has 21 rings (SSSR count). The molecule has 0 aliphatic carbocycles. The minimum atomic E-state index is -0.325. The maximum atomic E-state index is 6.15. The summed E-state index contributed by atoms with van der Waals surface area (Å²) in [4.78, 5) is 38.1. The molecule has 122 heavy (non-hydrogen) atoms. The average molecular weight is 1640 g/mol. The summed E-state index contributed by atoms with van der Waals surface area (Å²) in [6, 6.07) is 135. The van der Waals surface area contributed by atoms with Gasteiger partial charge in [0.15, 0.2) is 34.9 Å². The SMILES string of the molecule is Brc1ccc(-c2ccc(-c3ccc(-c4nc(-c5ccccc5)nc(-c5ccc(-c6ccccc6)cc5)n4)cc3)cc2)cc1.CC1(C)OB(c2ccc3c(ccc4ccncc43)c2)OC1(C)C.c1ccc(-c2ccc(-c3nc(-c4ccccc4)nc(-c4ccc(-c5ccc(-c6ccc(-c7ccc8c(ccc9ccncc98)c7)cc6)cc5)cc4)n3)cc2)cc1. The number of nitrogens with zero attached hydrogens (tertiary/aromatic N) is 8. The van der Waals surface area contributed by atoms with E-state index in [9.17, 15) is 0 Å². The van der Waals surface area contributed by atoms with E-state index < -0.39 is 0 Å². The van der Waals surface area contributed by atoms with Crippen molar-refractivity contribution in [1.82, 2.24) is 39.9 Å². The molecule has 1 aliphatic heterocycles. The monoisotopic (exact) mass is 1630 g/mol. The van der Waals surface area contributed by atoms with Gasteiger partial charge in [-0.25, -0.2) is 29.9 Å². The summed E-state index contributed by atoms with van der Waals surface area (Å²) in [5, 5.41) is 9.59. The Bertz CT molecular complexity index is 7100. The number of benzene rings is 16. The van der Waals surface area contributed by atoms with Crippen molar-refractivity contribution in [1.29, 1.82) is 0 Å². The highest BCUT2D eigenvalue weighted by Gasteiger charge is 2.51. The number of pyridine rings is 2. The molecule has 0 saturated carbocycles. The van der Waals surface area contributed by atoms with Gasteiger partial charge >= 0.3 is 7.12 Å². The topological polar surface area (TPSA) is 122 Å². The van der Waals surface area contributed by atoms with E-state index in [0.29, 0.717) is 34.9 Å². The lowest BCUT2D eigenvalue weighted by Crippen LogP contribution is -2.41. The van der Waals surface area contributed by atoms with Crippen LogP contribution >= 0.6 is 15.9 Å². The van der Waals surface area contributed by atoms with Gasteiger partial charge in [-0.3, -0.25) is 9.97 Å². The van der Waals surface area contributed by atoms with Crippen LogP contribution in [0.2, 0.25) is 0 Å². The van der Waals surface area contributed by atoms with Crippen molar-refractivity contribution in [2.45, 2.75) is 38.9 Å². The molecule has 20 aromatic rings. The van der Waals surface area contributed by atoms with E-state index in [1.165, 1.54) is 87.6 Å². The Hall–Kier alpha value is -14.7. The molecule has 0 N–H and O–H groups in total. The van der Waals surface area contributed by atoms with Crippen LogP contribution in [0.4, 0.5) is 0 Å². The third-order valence-corrected chi connectivity index (χ3v) is 23.6. The van der Waals surface area contributed by atoms with E-state index in [0.717, 1.165) is 76.7 Å². The third kappa shape index (κ3) is 16.7. The summed E-state index contributed by atoms with van der Waals surface area (Å²) in [6.07, 6.45) is 7.55. The normalized spacial score (nSPS) is 12.7. The lowest BCUT2D eigenvalue weighted by molar-refractivity contribution is 0.00578. The Labute approximate surface area is 718 Å². The van der Waals surface area contributed by atoms with Crippen molar-refractivity contribution in [3.8, 4) is 146 Å². The molecule has 0 atom stereocenters. The zero-order chi connectivity index (χ0) is 82.5. The summed E-state index contributed by atoms with van der Waals surface area (Å²) in [5.74, 6) is 3.88. The van der Waals surface area contributed by atoms with Gasteiger partial charge in [0.1, 0.15) is 0 Å². The molecule has 0 spiro atoms. The first-order valence-electron chi connectivity index (χ1n) is 40.9. The first-order chi connectivity index (χ1) is 59.8. The van der Waals surface area contributed by atoms with Crippen LogP contribution in [0, 0.1) is 0 Å². The molecule has 0 radical (unpaired) electrons. The molecule has 1 saturated heterocycles. The second kappa shape index (κ2) is 34.0.